The number of amides is 1. The standard InChI is InChI=1S/C28H32FN3O5S/c1-34-23-8-5-21(25(15-23)35-2)17-31(16-20-3-6-22(29)7-4-20)18-26-30-24(19-38-26)27(33)32-11-9-28(10-12-32)36-13-14-37-28/h3-8,15,19H,9-14,16-18H2,1-2H3. The Bertz CT molecular complexity index is 1240. The number of likely N-dealkylation sites (tertiary alicyclic amines) is 1. The predicted molar refractivity (Wildman–Crippen MR) is 141 cm³/mol. The van der Waals surface area contributed by atoms with Gasteiger partial charge in [-0.2, -0.15) is 0 Å². The highest BCUT2D eigenvalue weighted by molar-refractivity contribution is 7.09. The van der Waals surface area contributed by atoms with Crippen molar-refractivity contribution in [2.24, 2.45) is 0 Å². The van der Waals surface area contributed by atoms with Crippen molar-refractivity contribution < 1.29 is 28.1 Å². The van der Waals surface area contributed by atoms with Gasteiger partial charge in [-0.05, 0) is 23.8 Å². The number of thiazole rings is 1. The molecular formula is C28H32FN3O5S. The van der Waals surface area contributed by atoms with Crippen LogP contribution in [0.5, 0.6) is 11.5 Å². The quantitative estimate of drug-likeness (QED) is 0.396. The number of hydrogen-bond acceptors (Lipinski definition) is 8. The van der Waals surface area contributed by atoms with Gasteiger partial charge in [0.1, 0.15) is 28.0 Å². The summed E-state index contributed by atoms with van der Waals surface area (Å²) in [7, 11) is 3.25. The first kappa shape index (κ1) is 26.6. The summed E-state index contributed by atoms with van der Waals surface area (Å²) in [4.78, 5) is 21.9. The van der Waals surface area contributed by atoms with Crippen molar-refractivity contribution in [3.05, 3.63) is 75.5 Å². The minimum absolute atomic E-state index is 0.0674. The molecule has 5 rings (SSSR count). The molecule has 0 N–H and O–H groups in total. The van der Waals surface area contributed by atoms with E-state index in [1.54, 1.807) is 26.4 Å². The molecule has 2 fully saturated rings. The highest BCUT2D eigenvalue weighted by Crippen LogP contribution is 2.32. The van der Waals surface area contributed by atoms with E-state index in [0.717, 1.165) is 21.9 Å². The second-order valence-electron chi connectivity index (χ2n) is 9.48. The second-order valence-corrected chi connectivity index (χ2v) is 10.4. The summed E-state index contributed by atoms with van der Waals surface area (Å²) in [5.74, 6) is 0.583. The van der Waals surface area contributed by atoms with Crippen LogP contribution in [0.15, 0.2) is 47.8 Å². The van der Waals surface area contributed by atoms with Gasteiger partial charge in [-0.3, -0.25) is 9.69 Å². The fraction of sp³-hybridized carbons (Fsp3) is 0.429. The van der Waals surface area contributed by atoms with Crippen molar-refractivity contribution in [2.45, 2.75) is 38.3 Å². The number of rotatable bonds is 9. The minimum Gasteiger partial charge on any atom is -0.497 e. The van der Waals surface area contributed by atoms with E-state index >= 15 is 0 Å². The van der Waals surface area contributed by atoms with Crippen LogP contribution >= 0.6 is 11.3 Å². The molecule has 2 saturated heterocycles. The van der Waals surface area contributed by atoms with Gasteiger partial charge < -0.3 is 23.8 Å². The van der Waals surface area contributed by atoms with E-state index in [4.69, 9.17) is 23.9 Å². The fourth-order valence-corrected chi connectivity index (χ4v) is 5.72. The van der Waals surface area contributed by atoms with Gasteiger partial charge in [-0.25, -0.2) is 9.37 Å². The lowest BCUT2D eigenvalue weighted by Crippen LogP contribution is -2.47. The maximum absolute atomic E-state index is 13.5. The van der Waals surface area contributed by atoms with Crippen LogP contribution < -0.4 is 9.47 Å². The molecule has 3 aromatic rings. The van der Waals surface area contributed by atoms with E-state index in [-0.39, 0.29) is 11.7 Å². The third kappa shape index (κ3) is 6.15. The molecule has 0 saturated carbocycles. The van der Waals surface area contributed by atoms with Gasteiger partial charge in [0.15, 0.2) is 5.79 Å². The van der Waals surface area contributed by atoms with Crippen molar-refractivity contribution >= 4 is 17.2 Å². The maximum atomic E-state index is 13.5. The summed E-state index contributed by atoms with van der Waals surface area (Å²) in [5, 5.41) is 2.66. The van der Waals surface area contributed by atoms with Gasteiger partial charge in [-0.15, -0.1) is 11.3 Å². The van der Waals surface area contributed by atoms with Crippen LogP contribution in [0.25, 0.3) is 0 Å². The molecule has 0 unspecified atom stereocenters. The number of ether oxygens (including phenoxy) is 4. The van der Waals surface area contributed by atoms with E-state index in [1.807, 2.05) is 28.5 Å². The van der Waals surface area contributed by atoms with Crippen LogP contribution in [0.1, 0.15) is 39.5 Å². The van der Waals surface area contributed by atoms with Crippen molar-refractivity contribution in [3.8, 4) is 11.5 Å². The average Bonchev–Trinajstić information content (AvgIpc) is 3.60. The summed E-state index contributed by atoms with van der Waals surface area (Å²) in [6.45, 7) is 4.06. The molecular weight excluding hydrogens is 509 g/mol. The molecule has 2 aliphatic rings. The van der Waals surface area contributed by atoms with Crippen LogP contribution in [-0.4, -0.2) is 67.0 Å². The Labute approximate surface area is 225 Å². The monoisotopic (exact) mass is 541 g/mol. The van der Waals surface area contributed by atoms with Gasteiger partial charge in [0, 0.05) is 56.0 Å². The molecule has 1 amide bonds. The Balaban J connectivity index is 1.29. The van der Waals surface area contributed by atoms with E-state index < -0.39 is 5.79 Å². The Hall–Kier alpha value is -3.05. The molecule has 0 aliphatic carbocycles. The zero-order valence-electron chi connectivity index (χ0n) is 21.7. The SMILES string of the molecule is COc1ccc(CN(Cc2ccc(F)cc2)Cc2nc(C(=O)N3CCC4(CC3)OCCO4)cs2)c(OC)c1. The molecule has 8 nitrogen and oxygen atoms in total. The average molecular weight is 542 g/mol. The molecule has 2 aliphatic heterocycles. The van der Waals surface area contributed by atoms with Crippen LogP contribution in [0.4, 0.5) is 4.39 Å². The summed E-state index contributed by atoms with van der Waals surface area (Å²) in [5.41, 5.74) is 2.42. The predicted octanol–water partition coefficient (Wildman–Crippen LogP) is 4.48. The molecule has 0 bridgehead atoms. The summed E-state index contributed by atoms with van der Waals surface area (Å²) in [6, 6.07) is 12.2. The van der Waals surface area contributed by atoms with E-state index in [2.05, 4.69) is 4.90 Å². The summed E-state index contributed by atoms with van der Waals surface area (Å²) >= 11 is 1.47. The maximum Gasteiger partial charge on any atom is 0.273 e. The number of hydrogen-bond donors (Lipinski definition) is 0. The topological polar surface area (TPSA) is 73.4 Å². The zero-order chi connectivity index (χ0) is 26.5. The first-order valence-electron chi connectivity index (χ1n) is 12.7. The zero-order valence-corrected chi connectivity index (χ0v) is 22.5. The Morgan fingerprint density at radius 2 is 1.79 bits per heavy atom. The normalized spacial score (nSPS) is 16.8. The molecule has 202 valence electrons. The van der Waals surface area contributed by atoms with Crippen LogP contribution in [0.3, 0.4) is 0 Å². The minimum atomic E-state index is -0.520. The van der Waals surface area contributed by atoms with Crippen molar-refractivity contribution in [1.82, 2.24) is 14.8 Å². The largest absolute Gasteiger partial charge is 0.497 e. The van der Waals surface area contributed by atoms with E-state index in [0.29, 0.717) is 70.2 Å². The molecule has 1 spiro atoms. The number of benzene rings is 2. The lowest BCUT2D eigenvalue weighted by Gasteiger charge is -2.37. The van der Waals surface area contributed by atoms with Gasteiger partial charge in [0.05, 0.1) is 34.0 Å². The Kier molecular flexibility index (Phi) is 8.23. The number of methoxy groups -OCH3 is 2. The number of nitrogens with zero attached hydrogens (tertiary/aromatic N) is 3. The fourth-order valence-electron chi connectivity index (χ4n) is 4.91. The van der Waals surface area contributed by atoms with Crippen molar-refractivity contribution in [2.75, 3.05) is 40.5 Å². The third-order valence-electron chi connectivity index (χ3n) is 6.96. The van der Waals surface area contributed by atoms with Crippen molar-refractivity contribution in [1.29, 1.82) is 0 Å². The molecule has 38 heavy (non-hydrogen) atoms. The van der Waals surface area contributed by atoms with Gasteiger partial charge in [0.25, 0.3) is 5.91 Å². The number of carbonyl (C=O) groups excluding carboxylic acids is 1. The van der Waals surface area contributed by atoms with Crippen LogP contribution in [0.2, 0.25) is 0 Å². The number of carbonyl (C=O) groups is 1. The molecule has 0 radical (unpaired) electrons. The van der Waals surface area contributed by atoms with Crippen molar-refractivity contribution in [3.63, 3.8) is 0 Å². The molecule has 0 atom stereocenters. The summed E-state index contributed by atoms with van der Waals surface area (Å²) in [6.07, 6.45) is 1.34. The Morgan fingerprint density at radius 3 is 2.47 bits per heavy atom. The molecule has 10 heteroatoms. The van der Waals surface area contributed by atoms with Gasteiger partial charge in [-0.1, -0.05) is 18.2 Å². The lowest BCUT2D eigenvalue weighted by molar-refractivity contribution is -0.181. The first-order chi connectivity index (χ1) is 18.5. The molecule has 2 aromatic carbocycles. The smallest absolute Gasteiger partial charge is 0.273 e. The Morgan fingerprint density at radius 1 is 1.05 bits per heavy atom. The molecule has 1 aromatic heterocycles. The van der Waals surface area contributed by atoms with Crippen LogP contribution in [-0.2, 0) is 29.1 Å². The van der Waals surface area contributed by atoms with Gasteiger partial charge in [0.2, 0.25) is 0 Å². The highest BCUT2D eigenvalue weighted by atomic mass is 32.1. The number of piperidine rings is 1. The van der Waals surface area contributed by atoms with E-state index in [9.17, 15) is 9.18 Å². The molecule has 3 heterocycles. The third-order valence-corrected chi connectivity index (χ3v) is 7.80. The lowest BCUT2D eigenvalue weighted by atomic mass is 10.0. The first-order valence-corrected chi connectivity index (χ1v) is 13.5. The van der Waals surface area contributed by atoms with Gasteiger partial charge >= 0.3 is 0 Å². The highest BCUT2D eigenvalue weighted by Gasteiger charge is 2.41. The number of aromatic nitrogens is 1. The summed E-state index contributed by atoms with van der Waals surface area (Å²) < 4.78 is 36.0. The second kappa shape index (κ2) is 11.8. The van der Waals surface area contributed by atoms with Crippen LogP contribution in [0, 0.1) is 5.82 Å². The number of halogens is 1. The van der Waals surface area contributed by atoms with E-state index in [1.165, 1.54) is 23.5 Å².